The molecule has 0 radical (unpaired) electrons. The predicted octanol–water partition coefficient (Wildman–Crippen LogP) is 6.94. The highest BCUT2D eigenvalue weighted by Crippen LogP contribution is 2.41. The number of hydrogen-bond acceptors (Lipinski definition) is 6. The lowest BCUT2D eigenvalue weighted by Crippen LogP contribution is -2.14. The highest BCUT2D eigenvalue weighted by atomic mass is 79.9. The maximum absolute atomic E-state index is 12.4. The molecule has 2 aromatic carbocycles. The van der Waals surface area contributed by atoms with E-state index in [2.05, 4.69) is 42.2 Å². The maximum atomic E-state index is 12.4. The Balaban J connectivity index is 1.72. The standard InChI is InChI=1S/C18H12Br2ClN3O3S2/c1-9-6-11(24(26)27)3-5-14(9)22-15(25)8-28-17-16(23-18(21)29-17)12-4-2-10(19)7-13(12)20/h2-7H,8H2,1H3,(H,22,25). The molecule has 3 aromatic rings. The van der Waals surface area contributed by atoms with Gasteiger partial charge in [-0.15, -0.1) is 11.8 Å². The minimum atomic E-state index is -0.468. The number of halogens is 3. The highest BCUT2D eigenvalue weighted by molar-refractivity contribution is 9.11. The number of rotatable bonds is 6. The molecule has 0 bridgehead atoms. The van der Waals surface area contributed by atoms with Gasteiger partial charge < -0.3 is 5.32 Å². The molecule has 0 fully saturated rings. The van der Waals surface area contributed by atoms with Gasteiger partial charge in [-0.25, -0.2) is 4.98 Å². The monoisotopic (exact) mass is 575 g/mol. The van der Waals surface area contributed by atoms with Crippen molar-refractivity contribution in [3.63, 3.8) is 0 Å². The second-order valence-corrected chi connectivity index (χ2v) is 10.4. The molecule has 6 nitrogen and oxygen atoms in total. The van der Waals surface area contributed by atoms with Crippen molar-refractivity contribution in [1.29, 1.82) is 0 Å². The van der Waals surface area contributed by atoms with E-state index in [1.54, 1.807) is 6.92 Å². The first-order chi connectivity index (χ1) is 13.7. The average Bonchev–Trinajstić information content (AvgIpc) is 3.02. The first-order valence-corrected chi connectivity index (χ1v) is 11.8. The van der Waals surface area contributed by atoms with Gasteiger partial charge in [-0.3, -0.25) is 14.9 Å². The molecule has 0 aliphatic heterocycles. The normalized spacial score (nSPS) is 10.8. The zero-order chi connectivity index (χ0) is 21.1. The van der Waals surface area contributed by atoms with Crippen molar-refractivity contribution in [2.24, 2.45) is 0 Å². The van der Waals surface area contributed by atoms with Crippen LogP contribution >= 0.6 is 66.6 Å². The molecule has 1 N–H and O–H groups in total. The number of nitrogens with zero attached hydrogens (tertiary/aromatic N) is 2. The molecule has 1 aromatic heterocycles. The van der Waals surface area contributed by atoms with Crippen molar-refractivity contribution in [1.82, 2.24) is 4.98 Å². The SMILES string of the molecule is Cc1cc([N+](=O)[O-])ccc1NC(=O)CSc1sc(Cl)nc1-c1ccc(Br)cc1Br. The molecule has 150 valence electrons. The Hall–Kier alpha value is -1.46. The van der Waals surface area contributed by atoms with Crippen molar-refractivity contribution in [3.05, 3.63) is 65.5 Å². The summed E-state index contributed by atoms with van der Waals surface area (Å²) in [5, 5.41) is 13.6. The maximum Gasteiger partial charge on any atom is 0.269 e. The summed E-state index contributed by atoms with van der Waals surface area (Å²) in [5.74, 6) is -0.0758. The summed E-state index contributed by atoms with van der Waals surface area (Å²) in [4.78, 5) is 27.2. The number of nitrogens with one attached hydrogen (secondary N) is 1. The summed E-state index contributed by atoms with van der Waals surface area (Å²) in [6.45, 7) is 1.71. The Labute approximate surface area is 196 Å². The molecule has 0 unspecified atom stereocenters. The van der Waals surface area contributed by atoms with Crippen LogP contribution in [0.5, 0.6) is 0 Å². The van der Waals surface area contributed by atoms with Gasteiger partial charge in [-0.1, -0.05) is 60.9 Å². The molecular formula is C18H12Br2ClN3O3S2. The number of hydrogen-bond donors (Lipinski definition) is 1. The number of thioether (sulfide) groups is 1. The van der Waals surface area contributed by atoms with Gasteiger partial charge in [0.1, 0.15) is 0 Å². The van der Waals surface area contributed by atoms with Gasteiger partial charge in [0.05, 0.1) is 20.6 Å². The van der Waals surface area contributed by atoms with E-state index in [0.717, 1.165) is 18.7 Å². The minimum Gasteiger partial charge on any atom is -0.325 e. The number of anilines is 1. The summed E-state index contributed by atoms with van der Waals surface area (Å²) >= 11 is 15.7. The number of aryl methyl sites for hydroxylation is 1. The van der Waals surface area contributed by atoms with Crippen LogP contribution in [0.4, 0.5) is 11.4 Å². The topological polar surface area (TPSA) is 85.1 Å². The molecule has 0 saturated carbocycles. The molecule has 0 spiro atoms. The number of nitro benzene ring substituents is 1. The fraction of sp³-hybridized carbons (Fsp3) is 0.111. The first kappa shape index (κ1) is 22.2. The van der Waals surface area contributed by atoms with Crippen LogP contribution in [0.1, 0.15) is 5.56 Å². The van der Waals surface area contributed by atoms with E-state index in [0.29, 0.717) is 21.4 Å². The Morgan fingerprint density at radius 3 is 2.72 bits per heavy atom. The number of benzene rings is 2. The highest BCUT2D eigenvalue weighted by Gasteiger charge is 2.17. The van der Waals surface area contributed by atoms with Gasteiger partial charge in [0.2, 0.25) is 5.91 Å². The minimum absolute atomic E-state index is 0.0149. The van der Waals surface area contributed by atoms with Crippen LogP contribution in [0.25, 0.3) is 11.3 Å². The lowest BCUT2D eigenvalue weighted by molar-refractivity contribution is -0.384. The third-order valence-electron chi connectivity index (χ3n) is 3.79. The van der Waals surface area contributed by atoms with Gasteiger partial charge in [0.15, 0.2) is 4.47 Å². The van der Waals surface area contributed by atoms with E-state index in [9.17, 15) is 14.9 Å². The molecule has 1 heterocycles. The molecule has 0 aliphatic carbocycles. The third-order valence-corrected chi connectivity index (χ3v) is 7.35. The van der Waals surface area contributed by atoms with Crippen LogP contribution in [-0.4, -0.2) is 21.6 Å². The van der Waals surface area contributed by atoms with Crippen LogP contribution in [0.15, 0.2) is 49.6 Å². The van der Waals surface area contributed by atoms with Crippen LogP contribution < -0.4 is 5.32 Å². The molecule has 3 rings (SSSR count). The van der Waals surface area contributed by atoms with E-state index in [-0.39, 0.29) is 17.3 Å². The number of carbonyl (C=O) groups is 1. The summed E-state index contributed by atoms with van der Waals surface area (Å²) in [5.41, 5.74) is 2.74. The van der Waals surface area contributed by atoms with Crippen LogP contribution in [0.2, 0.25) is 4.47 Å². The summed E-state index contributed by atoms with van der Waals surface area (Å²) < 4.78 is 3.01. The Morgan fingerprint density at radius 1 is 1.31 bits per heavy atom. The van der Waals surface area contributed by atoms with E-state index in [4.69, 9.17) is 11.6 Å². The summed E-state index contributed by atoms with van der Waals surface area (Å²) in [6, 6.07) is 10.1. The summed E-state index contributed by atoms with van der Waals surface area (Å²) in [6.07, 6.45) is 0. The third kappa shape index (κ3) is 5.58. The fourth-order valence-electron chi connectivity index (χ4n) is 2.45. The van der Waals surface area contributed by atoms with Gasteiger partial charge >= 0.3 is 0 Å². The molecule has 0 atom stereocenters. The fourth-order valence-corrected chi connectivity index (χ4v) is 5.96. The number of nitro groups is 1. The molecule has 11 heteroatoms. The quantitative estimate of drug-likeness (QED) is 0.195. The second-order valence-electron chi connectivity index (χ2n) is 5.82. The van der Waals surface area contributed by atoms with Gasteiger partial charge in [0, 0.05) is 32.3 Å². The van der Waals surface area contributed by atoms with Crippen molar-refractivity contribution in [2.45, 2.75) is 11.1 Å². The Morgan fingerprint density at radius 2 is 2.07 bits per heavy atom. The van der Waals surface area contributed by atoms with Crippen LogP contribution in [0.3, 0.4) is 0 Å². The molecule has 29 heavy (non-hydrogen) atoms. The van der Waals surface area contributed by atoms with Gasteiger partial charge in [-0.05, 0) is 30.7 Å². The van der Waals surface area contributed by atoms with Crippen LogP contribution in [-0.2, 0) is 4.79 Å². The molecular weight excluding hydrogens is 566 g/mol. The summed E-state index contributed by atoms with van der Waals surface area (Å²) in [7, 11) is 0. The Kier molecular flexibility index (Phi) is 7.33. The first-order valence-electron chi connectivity index (χ1n) is 8.04. The van der Waals surface area contributed by atoms with Crippen molar-refractivity contribution >= 4 is 83.8 Å². The smallest absolute Gasteiger partial charge is 0.269 e. The second kappa shape index (κ2) is 9.57. The number of thiazole rings is 1. The van der Waals surface area contributed by atoms with E-state index < -0.39 is 4.92 Å². The van der Waals surface area contributed by atoms with Crippen molar-refractivity contribution < 1.29 is 9.72 Å². The van der Waals surface area contributed by atoms with E-state index in [1.807, 2.05) is 18.2 Å². The van der Waals surface area contributed by atoms with Gasteiger partial charge in [-0.2, -0.15) is 0 Å². The number of non-ortho nitro benzene ring substituents is 1. The lowest BCUT2D eigenvalue weighted by atomic mass is 10.2. The average molecular weight is 578 g/mol. The molecule has 0 aliphatic rings. The zero-order valence-electron chi connectivity index (χ0n) is 14.7. The van der Waals surface area contributed by atoms with Crippen molar-refractivity contribution in [3.8, 4) is 11.3 Å². The number of amides is 1. The largest absolute Gasteiger partial charge is 0.325 e. The lowest BCUT2D eigenvalue weighted by Gasteiger charge is -2.08. The number of aromatic nitrogens is 1. The molecule has 0 saturated heterocycles. The Bertz CT molecular complexity index is 1110. The molecule has 1 amide bonds. The predicted molar refractivity (Wildman–Crippen MR) is 125 cm³/mol. The number of carbonyl (C=O) groups excluding carboxylic acids is 1. The van der Waals surface area contributed by atoms with Crippen molar-refractivity contribution in [2.75, 3.05) is 11.1 Å². The van der Waals surface area contributed by atoms with E-state index in [1.165, 1.54) is 41.3 Å². The van der Waals surface area contributed by atoms with Gasteiger partial charge in [0.25, 0.3) is 5.69 Å². The zero-order valence-corrected chi connectivity index (χ0v) is 20.3. The van der Waals surface area contributed by atoms with E-state index >= 15 is 0 Å². The van der Waals surface area contributed by atoms with Crippen LogP contribution in [0, 0.1) is 17.0 Å².